The molecule has 0 saturated heterocycles. The molecule has 0 amide bonds. The molecule has 0 aliphatic rings. The first-order valence-corrected chi connectivity index (χ1v) is 6.96. The molecule has 0 spiro atoms. The molecule has 0 aliphatic carbocycles. The average molecular weight is 306 g/mol. The number of nitriles is 1. The second kappa shape index (κ2) is 5.85. The van der Waals surface area contributed by atoms with Crippen molar-refractivity contribution in [3.05, 3.63) is 64.6 Å². The normalized spacial score (nSPS) is 10.3. The van der Waals surface area contributed by atoms with Crippen molar-refractivity contribution in [1.29, 1.82) is 5.26 Å². The highest BCUT2D eigenvalue weighted by atomic mass is 16.5. The molecule has 0 unspecified atom stereocenters. The van der Waals surface area contributed by atoms with Gasteiger partial charge in [0.1, 0.15) is 17.6 Å². The van der Waals surface area contributed by atoms with Crippen LogP contribution in [-0.2, 0) is 0 Å². The number of hydrogen-bond acceptors (Lipinski definition) is 4. The van der Waals surface area contributed by atoms with Gasteiger partial charge in [-0.15, -0.1) is 0 Å². The molecule has 2 aromatic carbocycles. The number of methoxy groups -OCH3 is 2. The van der Waals surface area contributed by atoms with Crippen molar-refractivity contribution in [3.8, 4) is 23.3 Å². The van der Waals surface area contributed by atoms with Gasteiger partial charge in [-0.05, 0) is 42.5 Å². The predicted octanol–water partition coefficient (Wildman–Crippen LogP) is 2.88. The maximum absolute atomic E-state index is 12.7. The fourth-order valence-corrected chi connectivity index (χ4v) is 2.47. The maximum atomic E-state index is 12.7. The second-order valence-corrected chi connectivity index (χ2v) is 4.94. The van der Waals surface area contributed by atoms with Crippen molar-refractivity contribution < 1.29 is 9.47 Å². The molecule has 0 atom stereocenters. The van der Waals surface area contributed by atoms with Crippen molar-refractivity contribution >= 4 is 10.8 Å². The zero-order valence-electron chi connectivity index (χ0n) is 12.7. The summed E-state index contributed by atoms with van der Waals surface area (Å²) in [7, 11) is 3.13. The zero-order chi connectivity index (χ0) is 16.4. The van der Waals surface area contributed by atoms with Crippen molar-refractivity contribution in [1.82, 2.24) is 4.57 Å². The summed E-state index contributed by atoms with van der Waals surface area (Å²) in [6.07, 6.45) is 1.55. The highest BCUT2D eigenvalue weighted by Gasteiger charge is 2.11. The lowest BCUT2D eigenvalue weighted by atomic mass is 10.1. The first-order valence-electron chi connectivity index (χ1n) is 6.96. The van der Waals surface area contributed by atoms with Crippen LogP contribution in [0.4, 0.5) is 0 Å². The molecular formula is C18H14N2O3. The zero-order valence-corrected chi connectivity index (χ0v) is 12.7. The second-order valence-electron chi connectivity index (χ2n) is 4.94. The number of aromatic nitrogens is 1. The van der Waals surface area contributed by atoms with Crippen molar-refractivity contribution in [2.45, 2.75) is 0 Å². The van der Waals surface area contributed by atoms with Gasteiger partial charge in [-0.2, -0.15) is 5.26 Å². The highest BCUT2D eigenvalue weighted by molar-refractivity contribution is 5.88. The lowest BCUT2D eigenvalue weighted by molar-refractivity contribution is 0.414. The van der Waals surface area contributed by atoms with E-state index in [0.717, 1.165) is 0 Å². The van der Waals surface area contributed by atoms with E-state index in [1.54, 1.807) is 62.9 Å². The third-order valence-corrected chi connectivity index (χ3v) is 3.70. The van der Waals surface area contributed by atoms with Crippen LogP contribution in [0.25, 0.3) is 16.5 Å². The molecule has 1 aromatic heterocycles. The van der Waals surface area contributed by atoms with E-state index in [4.69, 9.17) is 9.47 Å². The molecule has 1 heterocycles. The first kappa shape index (κ1) is 14.7. The molecule has 3 aromatic rings. The van der Waals surface area contributed by atoms with E-state index in [2.05, 4.69) is 6.07 Å². The summed E-state index contributed by atoms with van der Waals surface area (Å²) in [5.74, 6) is 1.31. The van der Waals surface area contributed by atoms with Crippen LogP contribution < -0.4 is 15.0 Å². The Morgan fingerprint density at radius 1 is 0.957 bits per heavy atom. The van der Waals surface area contributed by atoms with E-state index in [1.807, 2.05) is 0 Å². The quantitative estimate of drug-likeness (QED) is 0.746. The Labute approximate surface area is 132 Å². The standard InChI is InChI=1S/C18H14N2O3/c1-22-14-5-3-13(4-6-14)20-11-12(10-19)17-9-15(23-2)7-8-16(17)18(20)21/h3-9,11H,1-2H3. The van der Waals surface area contributed by atoms with E-state index < -0.39 is 0 Å². The Morgan fingerprint density at radius 2 is 1.61 bits per heavy atom. The van der Waals surface area contributed by atoms with Crippen molar-refractivity contribution in [2.24, 2.45) is 0 Å². The summed E-state index contributed by atoms with van der Waals surface area (Å²) in [5.41, 5.74) is 0.895. The lowest BCUT2D eigenvalue weighted by Gasteiger charge is -2.10. The van der Waals surface area contributed by atoms with Gasteiger partial charge in [0.25, 0.3) is 5.56 Å². The summed E-state index contributed by atoms with van der Waals surface area (Å²) in [4.78, 5) is 12.7. The molecule has 0 N–H and O–H groups in total. The van der Waals surface area contributed by atoms with Crippen LogP contribution in [0, 0.1) is 11.3 Å². The van der Waals surface area contributed by atoms with Gasteiger partial charge >= 0.3 is 0 Å². The summed E-state index contributed by atoms with van der Waals surface area (Å²) in [5, 5.41) is 10.5. The van der Waals surface area contributed by atoms with Gasteiger partial charge in [-0.25, -0.2) is 0 Å². The fraction of sp³-hybridized carbons (Fsp3) is 0.111. The third-order valence-electron chi connectivity index (χ3n) is 3.70. The van der Waals surface area contributed by atoms with Crippen LogP contribution in [0.1, 0.15) is 5.56 Å². The number of nitrogens with zero attached hydrogens (tertiary/aromatic N) is 2. The van der Waals surface area contributed by atoms with Gasteiger partial charge < -0.3 is 9.47 Å². The van der Waals surface area contributed by atoms with Crippen molar-refractivity contribution in [3.63, 3.8) is 0 Å². The van der Waals surface area contributed by atoms with Gasteiger partial charge in [0.05, 0.1) is 19.8 Å². The van der Waals surface area contributed by atoms with Crippen molar-refractivity contribution in [2.75, 3.05) is 14.2 Å². The largest absolute Gasteiger partial charge is 0.497 e. The number of hydrogen-bond donors (Lipinski definition) is 0. The summed E-state index contributed by atoms with van der Waals surface area (Å²) < 4.78 is 11.8. The molecule has 0 fully saturated rings. The monoisotopic (exact) mass is 306 g/mol. The van der Waals surface area contributed by atoms with Gasteiger partial charge in [0.15, 0.2) is 0 Å². The molecule has 114 valence electrons. The molecule has 0 radical (unpaired) electrons. The van der Waals surface area contributed by atoms with Crippen LogP contribution in [0.3, 0.4) is 0 Å². The maximum Gasteiger partial charge on any atom is 0.263 e. The Morgan fingerprint density at radius 3 is 2.22 bits per heavy atom. The minimum absolute atomic E-state index is 0.188. The minimum atomic E-state index is -0.188. The van der Waals surface area contributed by atoms with E-state index >= 15 is 0 Å². The topological polar surface area (TPSA) is 64.2 Å². The molecule has 0 aliphatic heterocycles. The molecule has 0 bridgehead atoms. The summed E-state index contributed by atoms with van der Waals surface area (Å²) in [6.45, 7) is 0. The average Bonchev–Trinajstić information content (AvgIpc) is 2.62. The number of ether oxygens (including phenoxy) is 2. The van der Waals surface area contributed by atoms with Gasteiger partial charge in [0, 0.05) is 22.7 Å². The number of benzene rings is 2. The molecule has 0 saturated carbocycles. The summed E-state index contributed by atoms with van der Waals surface area (Å²) >= 11 is 0. The SMILES string of the molecule is COc1ccc(-n2cc(C#N)c3cc(OC)ccc3c2=O)cc1. The number of fused-ring (bicyclic) bond motifs is 1. The summed E-state index contributed by atoms with van der Waals surface area (Å²) in [6, 6.07) is 14.3. The molecule has 3 rings (SSSR count). The van der Waals surface area contributed by atoms with Crippen LogP contribution in [-0.4, -0.2) is 18.8 Å². The predicted molar refractivity (Wildman–Crippen MR) is 87.4 cm³/mol. The Hall–Kier alpha value is -3.26. The number of pyridine rings is 1. The molecular weight excluding hydrogens is 292 g/mol. The van der Waals surface area contributed by atoms with E-state index in [0.29, 0.717) is 33.5 Å². The Bertz CT molecular complexity index is 966. The fourth-order valence-electron chi connectivity index (χ4n) is 2.47. The van der Waals surface area contributed by atoms with Crippen LogP contribution in [0.5, 0.6) is 11.5 Å². The van der Waals surface area contributed by atoms with Gasteiger partial charge in [0.2, 0.25) is 0 Å². The number of rotatable bonds is 3. The van der Waals surface area contributed by atoms with E-state index in [9.17, 15) is 10.1 Å². The highest BCUT2D eigenvalue weighted by Crippen LogP contribution is 2.23. The first-order chi connectivity index (χ1) is 11.2. The molecule has 5 nitrogen and oxygen atoms in total. The Kier molecular flexibility index (Phi) is 3.73. The molecule has 5 heteroatoms. The van der Waals surface area contributed by atoms with Crippen LogP contribution in [0.2, 0.25) is 0 Å². The smallest absolute Gasteiger partial charge is 0.263 e. The van der Waals surface area contributed by atoms with Gasteiger partial charge in [-0.1, -0.05) is 0 Å². The minimum Gasteiger partial charge on any atom is -0.497 e. The van der Waals surface area contributed by atoms with Crippen LogP contribution >= 0.6 is 0 Å². The van der Waals surface area contributed by atoms with Crippen LogP contribution in [0.15, 0.2) is 53.5 Å². The Balaban J connectivity index is 2.28. The van der Waals surface area contributed by atoms with E-state index in [1.165, 1.54) is 4.57 Å². The van der Waals surface area contributed by atoms with E-state index in [-0.39, 0.29) is 5.56 Å². The lowest BCUT2D eigenvalue weighted by Crippen LogP contribution is -2.18. The molecule has 23 heavy (non-hydrogen) atoms. The third kappa shape index (κ3) is 2.51. The van der Waals surface area contributed by atoms with Gasteiger partial charge in [-0.3, -0.25) is 9.36 Å².